The van der Waals surface area contributed by atoms with Gasteiger partial charge in [-0.1, -0.05) is 0 Å². The van der Waals surface area contributed by atoms with Gasteiger partial charge in [0.1, 0.15) is 5.82 Å². The summed E-state index contributed by atoms with van der Waals surface area (Å²) in [5.74, 6) is -0.652. The van der Waals surface area contributed by atoms with Crippen molar-refractivity contribution in [3.8, 4) is 0 Å². The number of hydrogen-bond donors (Lipinski definition) is 2. The molecule has 1 aromatic heterocycles. The summed E-state index contributed by atoms with van der Waals surface area (Å²) in [6, 6.07) is 5.92. The van der Waals surface area contributed by atoms with E-state index in [9.17, 15) is 9.18 Å². The quantitative estimate of drug-likeness (QED) is 0.833. The lowest BCUT2D eigenvalue weighted by Crippen LogP contribution is -2.30. The van der Waals surface area contributed by atoms with Crippen molar-refractivity contribution in [2.45, 2.75) is 6.54 Å². The van der Waals surface area contributed by atoms with Crippen LogP contribution in [0.15, 0.2) is 35.0 Å². The van der Waals surface area contributed by atoms with Gasteiger partial charge in [-0.3, -0.25) is 9.69 Å². The maximum atomic E-state index is 13.1. The maximum Gasteiger partial charge on any atom is 0.238 e. The van der Waals surface area contributed by atoms with Gasteiger partial charge in [0.05, 0.1) is 17.9 Å². The number of thiophene rings is 1. The molecule has 0 bridgehead atoms. The lowest BCUT2D eigenvalue weighted by Gasteiger charge is -2.16. The number of nitrogens with one attached hydrogen (secondary N) is 1. The minimum Gasteiger partial charge on any atom is -0.397 e. The smallest absolute Gasteiger partial charge is 0.238 e. The molecule has 0 fully saturated rings. The summed E-state index contributed by atoms with van der Waals surface area (Å²) in [5, 5.41) is 6.66. The normalized spacial score (nSPS) is 10.8. The summed E-state index contributed by atoms with van der Waals surface area (Å²) in [7, 11) is 1.85. The molecule has 0 aliphatic heterocycles. The number of benzene rings is 1. The van der Waals surface area contributed by atoms with Gasteiger partial charge in [0.25, 0.3) is 0 Å². The molecule has 6 heteroatoms. The maximum absolute atomic E-state index is 13.1. The van der Waals surface area contributed by atoms with Crippen molar-refractivity contribution in [1.29, 1.82) is 0 Å². The zero-order chi connectivity index (χ0) is 14.5. The number of amides is 1. The molecule has 2 aromatic rings. The van der Waals surface area contributed by atoms with Gasteiger partial charge in [-0.2, -0.15) is 11.3 Å². The Balaban J connectivity index is 1.90. The first-order valence-corrected chi connectivity index (χ1v) is 7.03. The highest BCUT2D eigenvalue weighted by Gasteiger charge is 2.10. The minimum absolute atomic E-state index is 0.214. The van der Waals surface area contributed by atoms with Crippen LogP contribution in [0.1, 0.15) is 5.56 Å². The summed E-state index contributed by atoms with van der Waals surface area (Å²) in [6.45, 7) is 0.904. The molecule has 0 atom stereocenters. The molecule has 0 radical (unpaired) electrons. The number of carbonyl (C=O) groups is 1. The van der Waals surface area contributed by atoms with Gasteiger partial charge in [-0.05, 0) is 47.6 Å². The van der Waals surface area contributed by atoms with Gasteiger partial charge < -0.3 is 11.1 Å². The predicted octanol–water partition coefficient (Wildman–Crippen LogP) is 2.54. The summed E-state index contributed by atoms with van der Waals surface area (Å²) in [5.41, 5.74) is 7.50. The van der Waals surface area contributed by atoms with Crippen LogP contribution in [0.25, 0.3) is 0 Å². The molecular weight excluding hydrogens is 277 g/mol. The molecular formula is C14H16FN3OS. The highest BCUT2D eigenvalue weighted by molar-refractivity contribution is 7.07. The molecule has 2 rings (SSSR count). The monoisotopic (exact) mass is 293 g/mol. The Labute approximate surface area is 121 Å². The van der Waals surface area contributed by atoms with E-state index in [1.807, 2.05) is 28.8 Å². The second kappa shape index (κ2) is 6.49. The van der Waals surface area contributed by atoms with E-state index in [0.29, 0.717) is 17.9 Å². The number of rotatable bonds is 5. The van der Waals surface area contributed by atoms with E-state index in [2.05, 4.69) is 5.32 Å². The van der Waals surface area contributed by atoms with Crippen LogP contribution in [0, 0.1) is 5.82 Å². The minimum atomic E-state index is -0.430. The fourth-order valence-electron chi connectivity index (χ4n) is 1.82. The van der Waals surface area contributed by atoms with E-state index in [0.717, 1.165) is 5.56 Å². The third kappa shape index (κ3) is 4.04. The number of hydrogen-bond acceptors (Lipinski definition) is 4. The largest absolute Gasteiger partial charge is 0.397 e. The average molecular weight is 293 g/mol. The van der Waals surface area contributed by atoms with E-state index in [-0.39, 0.29) is 12.5 Å². The van der Waals surface area contributed by atoms with Gasteiger partial charge in [0, 0.05) is 6.54 Å². The van der Waals surface area contributed by atoms with Crippen LogP contribution in [0.2, 0.25) is 0 Å². The Morgan fingerprint density at radius 1 is 1.45 bits per heavy atom. The SMILES string of the molecule is CN(CC(=O)Nc1cc(F)ccc1N)Cc1ccsc1. The van der Waals surface area contributed by atoms with Crippen molar-refractivity contribution in [2.24, 2.45) is 0 Å². The van der Waals surface area contributed by atoms with Crippen LogP contribution in [0.5, 0.6) is 0 Å². The molecule has 0 aliphatic carbocycles. The highest BCUT2D eigenvalue weighted by atomic mass is 32.1. The van der Waals surface area contributed by atoms with Crippen molar-refractivity contribution in [3.63, 3.8) is 0 Å². The van der Waals surface area contributed by atoms with Crippen LogP contribution in [0.3, 0.4) is 0 Å². The molecule has 0 spiro atoms. The van der Waals surface area contributed by atoms with E-state index >= 15 is 0 Å². The second-order valence-corrected chi connectivity index (χ2v) is 5.36. The average Bonchev–Trinajstić information content (AvgIpc) is 2.86. The molecule has 0 saturated carbocycles. The van der Waals surface area contributed by atoms with Gasteiger partial charge in [-0.15, -0.1) is 0 Å². The van der Waals surface area contributed by atoms with Crippen molar-refractivity contribution >= 4 is 28.6 Å². The van der Waals surface area contributed by atoms with Crippen molar-refractivity contribution in [1.82, 2.24) is 4.90 Å². The number of likely N-dealkylation sites (N-methyl/N-ethyl adjacent to an activating group) is 1. The number of nitrogens with two attached hydrogens (primary N) is 1. The summed E-state index contributed by atoms with van der Waals surface area (Å²) < 4.78 is 13.1. The highest BCUT2D eigenvalue weighted by Crippen LogP contribution is 2.19. The Morgan fingerprint density at radius 2 is 2.25 bits per heavy atom. The van der Waals surface area contributed by atoms with Gasteiger partial charge in [-0.25, -0.2) is 4.39 Å². The fourth-order valence-corrected chi connectivity index (χ4v) is 2.48. The number of nitrogen functional groups attached to an aromatic ring is 1. The Hall–Kier alpha value is -1.92. The molecule has 1 aromatic carbocycles. The first-order valence-electron chi connectivity index (χ1n) is 6.09. The van der Waals surface area contributed by atoms with Crippen LogP contribution >= 0.6 is 11.3 Å². The summed E-state index contributed by atoms with van der Waals surface area (Å²) in [4.78, 5) is 13.8. The molecule has 0 aliphatic rings. The topological polar surface area (TPSA) is 58.4 Å². The predicted molar refractivity (Wildman–Crippen MR) is 80.1 cm³/mol. The summed E-state index contributed by atoms with van der Waals surface area (Å²) in [6.07, 6.45) is 0. The van der Waals surface area contributed by atoms with E-state index in [4.69, 9.17) is 5.73 Å². The van der Waals surface area contributed by atoms with Crippen molar-refractivity contribution in [2.75, 3.05) is 24.6 Å². The molecule has 1 heterocycles. The lowest BCUT2D eigenvalue weighted by molar-refractivity contribution is -0.117. The van der Waals surface area contributed by atoms with E-state index < -0.39 is 5.82 Å². The molecule has 3 N–H and O–H groups in total. The number of halogens is 1. The molecule has 4 nitrogen and oxygen atoms in total. The Bertz CT molecular complexity index is 586. The third-order valence-electron chi connectivity index (χ3n) is 2.74. The third-order valence-corrected chi connectivity index (χ3v) is 3.47. The standard InChI is InChI=1S/C14H16FN3OS/c1-18(7-10-4-5-20-9-10)8-14(19)17-13-6-11(15)2-3-12(13)16/h2-6,9H,7-8,16H2,1H3,(H,17,19). The van der Waals surface area contributed by atoms with E-state index in [1.165, 1.54) is 18.2 Å². The zero-order valence-electron chi connectivity index (χ0n) is 11.1. The molecule has 0 unspecified atom stereocenters. The second-order valence-electron chi connectivity index (χ2n) is 4.58. The number of carbonyl (C=O) groups excluding carboxylic acids is 1. The van der Waals surface area contributed by atoms with Crippen LogP contribution in [0.4, 0.5) is 15.8 Å². The molecule has 1 amide bonds. The van der Waals surface area contributed by atoms with E-state index in [1.54, 1.807) is 11.3 Å². The Kier molecular flexibility index (Phi) is 4.70. The molecule has 106 valence electrons. The molecule has 0 saturated heterocycles. The van der Waals surface area contributed by atoms with Crippen LogP contribution < -0.4 is 11.1 Å². The first-order chi connectivity index (χ1) is 9.54. The Morgan fingerprint density at radius 3 is 2.95 bits per heavy atom. The van der Waals surface area contributed by atoms with Gasteiger partial charge in [0.2, 0.25) is 5.91 Å². The van der Waals surface area contributed by atoms with Crippen LogP contribution in [-0.4, -0.2) is 24.4 Å². The van der Waals surface area contributed by atoms with Crippen LogP contribution in [-0.2, 0) is 11.3 Å². The fraction of sp³-hybridized carbons (Fsp3) is 0.214. The summed E-state index contributed by atoms with van der Waals surface area (Å²) >= 11 is 1.62. The first kappa shape index (κ1) is 14.5. The number of nitrogens with zero attached hydrogens (tertiary/aromatic N) is 1. The molecule has 20 heavy (non-hydrogen) atoms. The number of anilines is 2. The zero-order valence-corrected chi connectivity index (χ0v) is 11.9. The van der Waals surface area contributed by atoms with Crippen molar-refractivity contribution in [3.05, 3.63) is 46.4 Å². The van der Waals surface area contributed by atoms with Gasteiger partial charge in [0.15, 0.2) is 0 Å². The van der Waals surface area contributed by atoms with Crippen molar-refractivity contribution < 1.29 is 9.18 Å². The van der Waals surface area contributed by atoms with Gasteiger partial charge >= 0.3 is 0 Å². The lowest BCUT2D eigenvalue weighted by atomic mass is 10.2.